The van der Waals surface area contributed by atoms with Gasteiger partial charge in [-0.2, -0.15) is 0 Å². The van der Waals surface area contributed by atoms with Gasteiger partial charge in [-0.25, -0.2) is 0 Å². The van der Waals surface area contributed by atoms with Crippen molar-refractivity contribution in [3.8, 4) is 0 Å². The van der Waals surface area contributed by atoms with Crippen molar-refractivity contribution in [2.75, 3.05) is 30.7 Å². The molecule has 1 saturated heterocycles. The zero-order valence-electron chi connectivity index (χ0n) is 14.9. The maximum Gasteiger partial charge on any atom is 0.0404 e. The van der Waals surface area contributed by atoms with Gasteiger partial charge in [0, 0.05) is 42.3 Å². The molecule has 2 aromatic carbocycles. The molecule has 3 rings (SSSR count). The molecule has 2 aromatic rings. The molecule has 2 atom stereocenters. The molecule has 4 heteroatoms. The predicted octanol–water partition coefficient (Wildman–Crippen LogP) is 3.95. The second-order valence-corrected chi connectivity index (χ2v) is 7.04. The Hall–Kier alpha value is -2.33. The van der Waals surface area contributed by atoms with Gasteiger partial charge >= 0.3 is 0 Å². The molecule has 1 aliphatic rings. The smallest absolute Gasteiger partial charge is 0.0404 e. The summed E-state index contributed by atoms with van der Waals surface area (Å²) in [7, 11) is 0. The van der Waals surface area contributed by atoms with E-state index in [0.29, 0.717) is 17.6 Å². The second kappa shape index (κ2) is 8.17. The van der Waals surface area contributed by atoms with Crippen LogP contribution in [0.15, 0.2) is 48.5 Å². The third-order valence-corrected chi connectivity index (χ3v) is 5.02. The summed E-state index contributed by atoms with van der Waals surface area (Å²) in [6.07, 6.45) is 3.71. The quantitative estimate of drug-likeness (QED) is 0.553. The summed E-state index contributed by atoms with van der Waals surface area (Å²) < 4.78 is 0. The summed E-state index contributed by atoms with van der Waals surface area (Å²) in [6.45, 7) is 5.63. The topological polar surface area (TPSA) is 65.1 Å². The lowest BCUT2D eigenvalue weighted by molar-refractivity contribution is 0.207. The van der Waals surface area contributed by atoms with E-state index in [1.807, 2.05) is 18.2 Å². The van der Waals surface area contributed by atoms with Crippen molar-refractivity contribution in [2.24, 2.45) is 0 Å². The Morgan fingerprint density at radius 1 is 1.28 bits per heavy atom. The zero-order chi connectivity index (χ0) is 17.6. The molecule has 0 bridgehead atoms. The lowest BCUT2D eigenvalue weighted by atomic mass is 9.98. The maximum atomic E-state index is 7.45. The number of piperidine rings is 1. The van der Waals surface area contributed by atoms with Crippen molar-refractivity contribution in [2.45, 2.75) is 31.7 Å². The number of nitrogens with one attached hydrogen (secondary N) is 2. The van der Waals surface area contributed by atoms with Gasteiger partial charge in [0.25, 0.3) is 0 Å². The van der Waals surface area contributed by atoms with Gasteiger partial charge in [0.1, 0.15) is 0 Å². The molecule has 0 saturated carbocycles. The molecule has 132 valence electrons. The van der Waals surface area contributed by atoms with Crippen LogP contribution in [0.25, 0.3) is 0 Å². The van der Waals surface area contributed by atoms with Crippen LogP contribution < -0.4 is 11.1 Å². The average molecular weight is 336 g/mol. The van der Waals surface area contributed by atoms with Gasteiger partial charge in [0.05, 0.1) is 0 Å². The van der Waals surface area contributed by atoms with Crippen LogP contribution in [0.5, 0.6) is 0 Å². The summed E-state index contributed by atoms with van der Waals surface area (Å²) in [5, 5.41) is 11.1. The summed E-state index contributed by atoms with van der Waals surface area (Å²) in [4.78, 5) is 2.56. The summed E-state index contributed by atoms with van der Waals surface area (Å²) >= 11 is 0. The van der Waals surface area contributed by atoms with Crippen LogP contribution in [0.3, 0.4) is 0 Å². The van der Waals surface area contributed by atoms with Gasteiger partial charge in [-0.05, 0) is 49.1 Å². The van der Waals surface area contributed by atoms with Crippen LogP contribution in [0.2, 0.25) is 0 Å². The van der Waals surface area contributed by atoms with E-state index >= 15 is 0 Å². The van der Waals surface area contributed by atoms with E-state index in [0.717, 1.165) is 24.3 Å². The van der Waals surface area contributed by atoms with Crippen LogP contribution in [0, 0.1) is 5.41 Å². The number of hydrogen-bond acceptors (Lipinski definition) is 4. The molecule has 1 heterocycles. The van der Waals surface area contributed by atoms with Crippen LogP contribution in [-0.4, -0.2) is 36.8 Å². The molecule has 0 aromatic heterocycles. The van der Waals surface area contributed by atoms with Crippen molar-refractivity contribution >= 4 is 17.6 Å². The van der Waals surface area contributed by atoms with Gasteiger partial charge in [-0.1, -0.05) is 37.3 Å². The number of hydrogen-bond donors (Lipinski definition) is 3. The third kappa shape index (κ3) is 4.60. The van der Waals surface area contributed by atoms with Crippen molar-refractivity contribution in [3.05, 3.63) is 59.7 Å². The molecule has 1 aliphatic heterocycles. The number of nitrogens with zero attached hydrogens (tertiary/aromatic N) is 1. The number of likely N-dealkylation sites (tertiary alicyclic amines) is 1. The fraction of sp³-hybridized carbons (Fsp3) is 0.381. The summed E-state index contributed by atoms with van der Waals surface area (Å²) in [5.41, 5.74) is 9.77. The Morgan fingerprint density at radius 3 is 2.84 bits per heavy atom. The van der Waals surface area contributed by atoms with Crippen molar-refractivity contribution in [3.63, 3.8) is 0 Å². The van der Waals surface area contributed by atoms with E-state index in [4.69, 9.17) is 11.1 Å². The van der Waals surface area contributed by atoms with Gasteiger partial charge in [0.2, 0.25) is 0 Å². The zero-order valence-corrected chi connectivity index (χ0v) is 14.9. The van der Waals surface area contributed by atoms with Gasteiger partial charge in [-0.15, -0.1) is 0 Å². The number of benzene rings is 2. The highest BCUT2D eigenvalue weighted by Crippen LogP contribution is 2.22. The molecular weight excluding hydrogens is 308 g/mol. The molecule has 2 unspecified atom stereocenters. The Morgan fingerprint density at radius 2 is 2.08 bits per heavy atom. The SMILES string of the molecule is CC(CN1CCCC(Nc2ccc(N)c(C=N)c2)C1)c1ccccc1. The highest BCUT2D eigenvalue weighted by molar-refractivity contribution is 5.86. The molecule has 0 spiro atoms. The fourth-order valence-corrected chi connectivity index (χ4v) is 3.64. The highest BCUT2D eigenvalue weighted by atomic mass is 15.2. The van der Waals surface area contributed by atoms with Crippen LogP contribution in [0.4, 0.5) is 11.4 Å². The third-order valence-electron chi connectivity index (χ3n) is 5.02. The van der Waals surface area contributed by atoms with E-state index in [2.05, 4.69) is 47.5 Å². The minimum Gasteiger partial charge on any atom is -0.398 e. The monoisotopic (exact) mass is 336 g/mol. The number of rotatable bonds is 6. The summed E-state index contributed by atoms with van der Waals surface area (Å²) in [5.74, 6) is 0.543. The van der Waals surface area contributed by atoms with Crippen molar-refractivity contribution in [1.82, 2.24) is 4.90 Å². The van der Waals surface area contributed by atoms with Crippen molar-refractivity contribution in [1.29, 1.82) is 5.41 Å². The van der Waals surface area contributed by atoms with Crippen LogP contribution in [-0.2, 0) is 0 Å². The van der Waals surface area contributed by atoms with Crippen LogP contribution >= 0.6 is 0 Å². The highest BCUT2D eigenvalue weighted by Gasteiger charge is 2.21. The Labute approximate surface area is 150 Å². The fourth-order valence-electron chi connectivity index (χ4n) is 3.64. The average Bonchev–Trinajstić information content (AvgIpc) is 2.64. The molecule has 4 nitrogen and oxygen atoms in total. The Kier molecular flexibility index (Phi) is 5.71. The maximum absolute atomic E-state index is 7.45. The Bertz CT molecular complexity index is 698. The number of anilines is 2. The largest absolute Gasteiger partial charge is 0.398 e. The number of nitrogens with two attached hydrogens (primary N) is 1. The normalized spacial score (nSPS) is 19.3. The molecular formula is C21H28N4. The van der Waals surface area contributed by atoms with E-state index in [9.17, 15) is 0 Å². The predicted molar refractivity (Wildman–Crippen MR) is 107 cm³/mol. The minimum absolute atomic E-state index is 0.443. The minimum atomic E-state index is 0.443. The molecule has 1 fully saturated rings. The number of nitrogen functional groups attached to an aromatic ring is 1. The van der Waals surface area contributed by atoms with Crippen molar-refractivity contribution < 1.29 is 0 Å². The van der Waals surface area contributed by atoms with Gasteiger partial charge in [-0.3, -0.25) is 0 Å². The first-order valence-electron chi connectivity index (χ1n) is 9.09. The first-order chi connectivity index (χ1) is 12.2. The first kappa shape index (κ1) is 17.5. The standard InChI is InChI=1S/C21H28N4/c1-16(17-6-3-2-4-7-17)14-25-11-5-8-20(15-25)24-19-9-10-21(23)18(12-19)13-22/h2-4,6-7,9-10,12-13,16,20,22,24H,5,8,11,14-15,23H2,1H3. The Balaban J connectivity index is 1.58. The van der Waals surface area contributed by atoms with E-state index in [1.165, 1.54) is 31.2 Å². The molecule has 4 N–H and O–H groups in total. The van der Waals surface area contributed by atoms with Gasteiger partial charge < -0.3 is 21.4 Å². The first-order valence-corrected chi connectivity index (χ1v) is 9.09. The molecule has 25 heavy (non-hydrogen) atoms. The molecule has 0 amide bonds. The van der Waals surface area contributed by atoms with Gasteiger partial charge in [0.15, 0.2) is 0 Å². The van der Waals surface area contributed by atoms with E-state index in [1.54, 1.807) is 0 Å². The summed E-state index contributed by atoms with van der Waals surface area (Å²) in [6, 6.07) is 17.0. The van der Waals surface area contributed by atoms with Crippen LogP contribution in [0.1, 0.15) is 36.8 Å². The molecule has 0 radical (unpaired) electrons. The molecule has 0 aliphatic carbocycles. The lowest BCUT2D eigenvalue weighted by Gasteiger charge is -2.35. The van der Waals surface area contributed by atoms with E-state index in [-0.39, 0.29) is 0 Å². The second-order valence-electron chi connectivity index (χ2n) is 7.04. The lowest BCUT2D eigenvalue weighted by Crippen LogP contribution is -2.43. The van der Waals surface area contributed by atoms with E-state index < -0.39 is 0 Å².